The van der Waals surface area contributed by atoms with Crippen LogP contribution in [0.15, 0.2) is 108 Å². The number of carbonyl (C=O) groups excluding carboxylic acids is 2. The van der Waals surface area contributed by atoms with Crippen LogP contribution in [0.25, 0.3) is 0 Å². The van der Waals surface area contributed by atoms with E-state index in [0.717, 1.165) is 15.4 Å². The highest BCUT2D eigenvalue weighted by Gasteiger charge is 2.27. The summed E-state index contributed by atoms with van der Waals surface area (Å²) in [5, 5.41) is 3.05. The molecule has 0 aliphatic rings. The number of nitrogens with one attached hydrogen (secondary N) is 1. The molecule has 0 fully saturated rings. The van der Waals surface area contributed by atoms with Gasteiger partial charge in [0.25, 0.3) is 0 Å². The summed E-state index contributed by atoms with van der Waals surface area (Å²) in [5.41, 5.74) is 2.67. The van der Waals surface area contributed by atoms with Gasteiger partial charge in [-0.1, -0.05) is 90.0 Å². The van der Waals surface area contributed by atoms with Crippen LogP contribution in [0.5, 0.6) is 0 Å². The smallest absolute Gasteiger partial charge is 0.243 e. The van der Waals surface area contributed by atoms with Crippen LogP contribution in [-0.4, -0.2) is 31.0 Å². The average molecular weight is 533 g/mol. The Bertz CT molecular complexity index is 1510. The molecule has 0 saturated carbocycles. The summed E-state index contributed by atoms with van der Waals surface area (Å²) in [4.78, 5) is 26.4. The molecule has 0 heterocycles. The lowest BCUT2D eigenvalue weighted by atomic mass is 10.0. The number of anilines is 1. The molecular formula is C29H25ClN2O4S. The molecule has 6 nitrogen and oxygen atoms in total. The molecule has 4 aromatic carbocycles. The van der Waals surface area contributed by atoms with E-state index < -0.39 is 22.5 Å². The third-order valence-electron chi connectivity index (χ3n) is 5.72. The maximum absolute atomic E-state index is 13.5. The number of rotatable bonds is 9. The van der Waals surface area contributed by atoms with Gasteiger partial charge in [-0.25, -0.2) is 8.42 Å². The Morgan fingerprint density at radius 2 is 1.46 bits per heavy atom. The van der Waals surface area contributed by atoms with Crippen molar-refractivity contribution in [2.75, 3.05) is 11.9 Å². The summed E-state index contributed by atoms with van der Waals surface area (Å²) in [5.74, 6) is -0.900. The predicted octanol–water partition coefficient (Wildman–Crippen LogP) is 5.71. The first-order chi connectivity index (χ1) is 17.7. The van der Waals surface area contributed by atoms with Crippen LogP contribution in [0.3, 0.4) is 0 Å². The van der Waals surface area contributed by atoms with Gasteiger partial charge >= 0.3 is 0 Å². The Kier molecular flexibility index (Phi) is 8.18. The molecule has 0 unspecified atom stereocenters. The molecule has 1 N–H and O–H groups in total. The third kappa shape index (κ3) is 6.51. The molecule has 1 amide bonds. The molecule has 0 bridgehead atoms. The van der Waals surface area contributed by atoms with Gasteiger partial charge in [0.15, 0.2) is 5.78 Å². The molecule has 8 heteroatoms. The van der Waals surface area contributed by atoms with Crippen molar-refractivity contribution in [3.8, 4) is 0 Å². The normalized spacial score (nSPS) is 11.3. The SMILES string of the molecule is Cc1ccc(CN(CC(=O)Nc2ccc(Cl)cc2C(=O)c2ccccc2)S(=O)(=O)c2ccccc2)cc1. The van der Waals surface area contributed by atoms with Crippen molar-refractivity contribution >= 4 is 39.0 Å². The van der Waals surface area contributed by atoms with E-state index in [2.05, 4.69) is 5.32 Å². The van der Waals surface area contributed by atoms with Gasteiger partial charge in [-0.3, -0.25) is 9.59 Å². The van der Waals surface area contributed by atoms with Crippen LogP contribution in [0.1, 0.15) is 27.0 Å². The molecule has 0 aliphatic carbocycles. The van der Waals surface area contributed by atoms with Crippen LogP contribution in [0, 0.1) is 6.92 Å². The molecular weight excluding hydrogens is 508 g/mol. The number of hydrogen-bond acceptors (Lipinski definition) is 4. The van der Waals surface area contributed by atoms with E-state index in [9.17, 15) is 18.0 Å². The number of aryl methyl sites for hydroxylation is 1. The second-order valence-electron chi connectivity index (χ2n) is 8.50. The number of nitrogens with zero attached hydrogens (tertiary/aromatic N) is 1. The van der Waals surface area contributed by atoms with Crippen LogP contribution < -0.4 is 5.32 Å². The van der Waals surface area contributed by atoms with Crippen molar-refractivity contribution in [1.29, 1.82) is 0 Å². The minimum Gasteiger partial charge on any atom is -0.324 e. The topological polar surface area (TPSA) is 83.6 Å². The van der Waals surface area contributed by atoms with Crippen molar-refractivity contribution < 1.29 is 18.0 Å². The second-order valence-corrected chi connectivity index (χ2v) is 10.9. The van der Waals surface area contributed by atoms with Crippen LogP contribution in [0.2, 0.25) is 5.02 Å². The average Bonchev–Trinajstić information content (AvgIpc) is 2.91. The van der Waals surface area contributed by atoms with Gasteiger partial charge in [-0.15, -0.1) is 0 Å². The quantitative estimate of drug-likeness (QED) is 0.280. The van der Waals surface area contributed by atoms with E-state index >= 15 is 0 Å². The summed E-state index contributed by atoms with van der Waals surface area (Å²) in [6.45, 7) is 1.49. The molecule has 0 saturated heterocycles. The fourth-order valence-electron chi connectivity index (χ4n) is 3.77. The third-order valence-corrected chi connectivity index (χ3v) is 7.76. The zero-order valence-corrected chi connectivity index (χ0v) is 21.7. The molecule has 0 spiro atoms. The van der Waals surface area contributed by atoms with E-state index in [4.69, 9.17) is 11.6 Å². The monoisotopic (exact) mass is 532 g/mol. The van der Waals surface area contributed by atoms with Crippen molar-refractivity contribution in [2.45, 2.75) is 18.4 Å². The lowest BCUT2D eigenvalue weighted by molar-refractivity contribution is -0.116. The molecule has 0 radical (unpaired) electrons. The summed E-state index contributed by atoms with van der Waals surface area (Å²) >= 11 is 6.15. The van der Waals surface area contributed by atoms with Gasteiger partial charge in [-0.05, 0) is 42.8 Å². The largest absolute Gasteiger partial charge is 0.324 e. The number of halogens is 1. The number of hydrogen-bond donors (Lipinski definition) is 1. The Morgan fingerprint density at radius 1 is 0.838 bits per heavy atom. The van der Waals surface area contributed by atoms with E-state index in [1.54, 1.807) is 54.6 Å². The highest BCUT2D eigenvalue weighted by molar-refractivity contribution is 7.89. The molecule has 4 rings (SSSR count). The Morgan fingerprint density at radius 3 is 2.11 bits per heavy atom. The number of sulfonamides is 1. The molecule has 4 aromatic rings. The zero-order chi connectivity index (χ0) is 26.4. The number of benzene rings is 4. The molecule has 188 valence electrons. The molecule has 0 aliphatic heterocycles. The molecule has 37 heavy (non-hydrogen) atoms. The van der Waals surface area contributed by atoms with Crippen LogP contribution in [0.4, 0.5) is 5.69 Å². The molecule has 0 aromatic heterocycles. The van der Waals surface area contributed by atoms with Crippen molar-refractivity contribution in [3.63, 3.8) is 0 Å². The Labute approximate surface area is 221 Å². The number of amides is 1. The second kappa shape index (κ2) is 11.5. The fraction of sp³-hybridized carbons (Fsp3) is 0.103. The lowest BCUT2D eigenvalue weighted by Gasteiger charge is -2.22. The van der Waals surface area contributed by atoms with Gasteiger partial charge in [0.05, 0.1) is 17.1 Å². The first-order valence-corrected chi connectivity index (χ1v) is 13.4. The summed E-state index contributed by atoms with van der Waals surface area (Å²) < 4.78 is 28.1. The summed E-state index contributed by atoms with van der Waals surface area (Å²) in [6, 6.07) is 28.6. The zero-order valence-electron chi connectivity index (χ0n) is 20.1. The standard InChI is InChI=1S/C29H25ClN2O4S/c1-21-12-14-22(15-13-21)19-32(37(35,36)25-10-6-3-7-11-25)20-28(33)31-27-17-16-24(30)18-26(27)29(34)23-8-4-2-5-9-23/h2-18H,19-20H2,1H3,(H,31,33). The Hall–Kier alpha value is -3.78. The van der Waals surface area contributed by atoms with E-state index in [0.29, 0.717) is 10.6 Å². The van der Waals surface area contributed by atoms with Gasteiger partial charge in [0.2, 0.25) is 15.9 Å². The van der Waals surface area contributed by atoms with Gasteiger partial charge in [-0.2, -0.15) is 4.31 Å². The minimum atomic E-state index is -3.99. The highest BCUT2D eigenvalue weighted by atomic mass is 35.5. The predicted molar refractivity (Wildman–Crippen MR) is 145 cm³/mol. The number of ketones is 1. The van der Waals surface area contributed by atoms with E-state index in [1.807, 2.05) is 31.2 Å². The van der Waals surface area contributed by atoms with Crippen molar-refractivity contribution in [1.82, 2.24) is 4.31 Å². The molecule has 0 atom stereocenters. The summed E-state index contributed by atoms with van der Waals surface area (Å²) in [6.07, 6.45) is 0. The van der Waals surface area contributed by atoms with Crippen LogP contribution >= 0.6 is 11.6 Å². The highest BCUT2D eigenvalue weighted by Crippen LogP contribution is 2.25. The van der Waals surface area contributed by atoms with Gasteiger partial charge in [0.1, 0.15) is 0 Å². The maximum Gasteiger partial charge on any atom is 0.243 e. The number of carbonyl (C=O) groups is 2. The first kappa shape index (κ1) is 26.3. The van der Waals surface area contributed by atoms with Crippen LogP contribution in [-0.2, 0) is 21.4 Å². The van der Waals surface area contributed by atoms with Crippen molar-refractivity contribution in [2.24, 2.45) is 0 Å². The summed E-state index contributed by atoms with van der Waals surface area (Å²) in [7, 11) is -3.99. The van der Waals surface area contributed by atoms with Gasteiger partial charge < -0.3 is 5.32 Å². The first-order valence-electron chi connectivity index (χ1n) is 11.5. The van der Waals surface area contributed by atoms with E-state index in [-0.39, 0.29) is 28.5 Å². The minimum absolute atomic E-state index is 0.00134. The fourth-order valence-corrected chi connectivity index (χ4v) is 5.35. The lowest BCUT2D eigenvalue weighted by Crippen LogP contribution is -2.37. The Balaban J connectivity index is 1.62. The van der Waals surface area contributed by atoms with Crippen molar-refractivity contribution in [3.05, 3.63) is 130 Å². The maximum atomic E-state index is 13.5. The van der Waals surface area contributed by atoms with E-state index in [1.165, 1.54) is 24.3 Å². The van der Waals surface area contributed by atoms with Gasteiger partial charge in [0, 0.05) is 22.7 Å².